The summed E-state index contributed by atoms with van der Waals surface area (Å²) >= 11 is 0. The number of morpholine rings is 1. The average molecular weight is 477 g/mol. The van der Waals surface area contributed by atoms with Crippen LogP contribution in [0.1, 0.15) is 25.8 Å². The summed E-state index contributed by atoms with van der Waals surface area (Å²) in [6.07, 6.45) is 3.12. The molecule has 0 aliphatic carbocycles. The summed E-state index contributed by atoms with van der Waals surface area (Å²) in [5, 5.41) is 6.56. The van der Waals surface area contributed by atoms with E-state index in [-0.39, 0.29) is 30.1 Å². The predicted octanol–water partition coefficient (Wildman–Crippen LogP) is 2.02. The summed E-state index contributed by atoms with van der Waals surface area (Å²) in [5.41, 5.74) is 1.10. The number of anilines is 1. The Morgan fingerprint density at radius 2 is 2.27 bits per heavy atom. The van der Waals surface area contributed by atoms with Gasteiger partial charge in [-0.3, -0.25) is 0 Å². The Balaban J connectivity index is 0.00000338. The average Bonchev–Trinajstić information content (AvgIpc) is 2.63. The van der Waals surface area contributed by atoms with Gasteiger partial charge in [0, 0.05) is 46.1 Å². The molecular weight excluding hydrogens is 445 g/mol. The number of pyridine rings is 1. The number of nitrogens with one attached hydrogen (secondary N) is 2. The first-order chi connectivity index (χ1) is 12.2. The molecule has 0 radical (unpaired) electrons. The van der Waals surface area contributed by atoms with Gasteiger partial charge in [0.05, 0.1) is 19.3 Å². The van der Waals surface area contributed by atoms with E-state index < -0.39 is 0 Å². The SMILES string of the molecule is CCNC(=NCc1ccc(N2CCOC(C)C2)nc1)NCCCOC.I. The third kappa shape index (κ3) is 8.05. The third-order valence-electron chi connectivity index (χ3n) is 3.96. The lowest BCUT2D eigenvalue weighted by atomic mass is 10.2. The fourth-order valence-corrected chi connectivity index (χ4v) is 2.66. The van der Waals surface area contributed by atoms with E-state index in [1.807, 2.05) is 6.20 Å². The second-order valence-electron chi connectivity index (χ2n) is 6.12. The first-order valence-corrected chi connectivity index (χ1v) is 9.05. The molecule has 8 heteroatoms. The summed E-state index contributed by atoms with van der Waals surface area (Å²) in [7, 11) is 1.72. The molecule has 1 aliphatic heterocycles. The molecule has 2 heterocycles. The molecule has 0 bridgehead atoms. The lowest BCUT2D eigenvalue weighted by molar-refractivity contribution is 0.0529. The van der Waals surface area contributed by atoms with E-state index in [1.54, 1.807) is 7.11 Å². The molecule has 148 valence electrons. The van der Waals surface area contributed by atoms with Crippen molar-refractivity contribution in [1.29, 1.82) is 0 Å². The highest BCUT2D eigenvalue weighted by Gasteiger charge is 2.17. The van der Waals surface area contributed by atoms with Crippen molar-refractivity contribution >= 4 is 35.8 Å². The number of ether oxygens (including phenoxy) is 2. The van der Waals surface area contributed by atoms with Gasteiger partial charge < -0.3 is 25.0 Å². The number of hydrogen-bond donors (Lipinski definition) is 2. The minimum Gasteiger partial charge on any atom is -0.385 e. The highest BCUT2D eigenvalue weighted by atomic mass is 127. The maximum absolute atomic E-state index is 5.58. The standard InChI is InChI=1S/C18H31N5O2.HI/c1-4-19-18(20-8-5-10-24-3)22-13-16-6-7-17(21-12-16)23-9-11-25-15(2)14-23;/h6-7,12,15H,4-5,8-11,13-14H2,1-3H3,(H2,19,20,22);1H. The zero-order valence-corrected chi connectivity index (χ0v) is 18.4. The van der Waals surface area contributed by atoms with E-state index >= 15 is 0 Å². The molecular formula is C18H32IN5O2. The van der Waals surface area contributed by atoms with Gasteiger partial charge in [0.15, 0.2) is 5.96 Å². The van der Waals surface area contributed by atoms with Crippen LogP contribution in [-0.4, -0.2) is 63.6 Å². The topological polar surface area (TPSA) is 71.0 Å². The van der Waals surface area contributed by atoms with Crippen LogP contribution in [0, 0.1) is 0 Å². The maximum atomic E-state index is 5.58. The number of nitrogens with zero attached hydrogens (tertiary/aromatic N) is 3. The lowest BCUT2D eigenvalue weighted by Gasteiger charge is -2.32. The summed E-state index contributed by atoms with van der Waals surface area (Å²) in [4.78, 5) is 11.5. The number of hydrogen-bond acceptors (Lipinski definition) is 5. The number of aromatic nitrogens is 1. The molecule has 0 saturated carbocycles. The van der Waals surface area contributed by atoms with Crippen LogP contribution in [0.4, 0.5) is 5.82 Å². The van der Waals surface area contributed by atoms with Crippen molar-refractivity contribution in [2.75, 3.05) is 51.4 Å². The van der Waals surface area contributed by atoms with E-state index in [0.29, 0.717) is 6.54 Å². The summed E-state index contributed by atoms with van der Waals surface area (Å²) in [6, 6.07) is 4.17. The summed E-state index contributed by atoms with van der Waals surface area (Å²) < 4.78 is 10.6. The van der Waals surface area contributed by atoms with Gasteiger partial charge in [-0.05, 0) is 31.9 Å². The minimum absolute atomic E-state index is 0. The molecule has 1 fully saturated rings. The van der Waals surface area contributed by atoms with Crippen molar-refractivity contribution in [1.82, 2.24) is 15.6 Å². The first-order valence-electron chi connectivity index (χ1n) is 9.05. The Bertz CT molecular complexity index is 527. The van der Waals surface area contributed by atoms with E-state index in [1.165, 1.54) is 0 Å². The molecule has 0 amide bonds. The molecule has 1 saturated heterocycles. The van der Waals surface area contributed by atoms with Crippen molar-refractivity contribution in [3.05, 3.63) is 23.9 Å². The van der Waals surface area contributed by atoms with Gasteiger partial charge in [-0.15, -0.1) is 24.0 Å². The molecule has 2 N–H and O–H groups in total. The molecule has 1 atom stereocenters. The normalized spacial score (nSPS) is 17.6. The number of guanidine groups is 1. The maximum Gasteiger partial charge on any atom is 0.191 e. The minimum atomic E-state index is 0. The van der Waals surface area contributed by atoms with Gasteiger partial charge in [-0.1, -0.05) is 6.07 Å². The number of rotatable bonds is 8. The monoisotopic (exact) mass is 477 g/mol. The Morgan fingerprint density at radius 1 is 1.42 bits per heavy atom. The van der Waals surface area contributed by atoms with Crippen LogP contribution in [0.25, 0.3) is 0 Å². The molecule has 0 spiro atoms. The van der Waals surface area contributed by atoms with E-state index in [2.05, 4.69) is 51.5 Å². The van der Waals surface area contributed by atoms with Crippen LogP contribution in [0.2, 0.25) is 0 Å². The Hall–Kier alpha value is -1.13. The quantitative estimate of drug-likeness (QED) is 0.259. The number of methoxy groups -OCH3 is 1. The molecule has 26 heavy (non-hydrogen) atoms. The molecule has 0 aromatic carbocycles. The van der Waals surface area contributed by atoms with Gasteiger partial charge in [-0.2, -0.15) is 0 Å². The fraction of sp³-hybridized carbons (Fsp3) is 0.667. The summed E-state index contributed by atoms with van der Waals surface area (Å²) in [5.74, 6) is 1.83. The molecule has 1 unspecified atom stereocenters. The van der Waals surface area contributed by atoms with Gasteiger partial charge in [0.2, 0.25) is 0 Å². The highest BCUT2D eigenvalue weighted by molar-refractivity contribution is 14.0. The first kappa shape index (κ1) is 22.9. The molecule has 2 rings (SSSR count). The van der Waals surface area contributed by atoms with Crippen molar-refractivity contribution < 1.29 is 9.47 Å². The van der Waals surface area contributed by atoms with Crippen molar-refractivity contribution in [2.24, 2.45) is 4.99 Å². The fourth-order valence-electron chi connectivity index (χ4n) is 2.66. The van der Waals surface area contributed by atoms with Crippen LogP contribution < -0.4 is 15.5 Å². The van der Waals surface area contributed by atoms with Crippen LogP contribution in [0.3, 0.4) is 0 Å². The molecule has 1 aliphatic rings. The van der Waals surface area contributed by atoms with Gasteiger partial charge >= 0.3 is 0 Å². The second-order valence-corrected chi connectivity index (χ2v) is 6.12. The smallest absolute Gasteiger partial charge is 0.191 e. The highest BCUT2D eigenvalue weighted by Crippen LogP contribution is 2.15. The molecule has 7 nitrogen and oxygen atoms in total. The van der Waals surface area contributed by atoms with Crippen LogP contribution >= 0.6 is 24.0 Å². The number of aliphatic imine (C=N–C) groups is 1. The van der Waals surface area contributed by atoms with E-state index in [4.69, 9.17) is 9.47 Å². The Morgan fingerprint density at radius 3 is 2.92 bits per heavy atom. The predicted molar refractivity (Wildman–Crippen MR) is 117 cm³/mol. The van der Waals surface area contributed by atoms with Crippen molar-refractivity contribution in [2.45, 2.75) is 32.9 Å². The van der Waals surface area contributed by atoms with Crippen LogP contribution in [0.5, 0.6) is 0 Å². The van der Waals surface area contributed by atoms with Crippen LogP contribution in [-0.2, 0) is 16.0 Å². The summed E-state index contributed by atoms with van der Waals surface area (Å²) in [6.45, 7) is 9.73. The zero-order valence-electron chi connectivity index (χ0n) is 16.0. The van der Waals surface area contributed by atoms with Crippen molar-refractivity contribution in [3.63, 3.8) is 0 Å². The molecule has 1 aromatic rings. The van der Waals surface area contributed by atoms with Gasteiger partial charge in [0.25, 0.3) is 0 Å². The third-order valence-corrected chi connectivity index (χ3v) is 3.96. The lowest BCUT2D eigenvalue weighted by Crippen LogP contribution is -2.41. The van der Waals surface area contributed by atoms with E-state index in [0.717, 1.165) is 63.2 Å². The second kappa shape index (κ2) is 13.1. The Kier molecular flexibility index (Phi) is 11.5. The van der Waals surface area contributed by atoms with Crippen molar-refractivity contribution in [3.8, 4) is 0 Å². The van der Waals surface area contributed by atoms with Gasteiger partial charge in [-0.25, -0.2) is 9.98 Å². The Labute approximate surface area is 174 Å². The number of halogens is 1. The van der Waals surface area contributed by atoms with E-state index in [9.17, 15) is 0 Å². The molecule has 1 aromatic heterocycles. The zero-order chi connectivity index (χ0) is 17.9. The van der Waals surface area contributed by atoms with Crippen LogP contribution in [0.15, 0.2) is 23.3 Å². The largest absolute Gasteiger partial charge is 0.385 e. The van der Waals surface area contributed by atoms with Gasteiger partial charge in [0.1, 0.15) is 5.82 Å².